The van der Waals surface area contributed by atoms with Crippen molar-refractivity contribution in [3.05, 3.63) is 47.8 Å². The van der Waals surface area contributed by atoms with Gasteiger partial charge in [-0.05, 0) is 42.8 Å². The van der Waals surface area contributed by atoms with E-state index in [1.165, 1.54) is 18.3 Å². The third kappa shape index (κ3) is 2.70. The van der Waals surface area contributed by atoms with Gasteiger partial charge in [0.25, 0.3) is 10.0 Å². The SMILES string of the molecule is Cc1cc(NS(=O)(=O)c2cccnc2C#N)ccc1N. The molecule has 1 aromatic carbocycles. The van der Waals surface area contributed by atoms with Gasteiger partial charge in [0.2, 0.25) is 0 Å². The number of pyridine rings is 1. The maximum atomic E-state index is 12.2. The van der Waals surface area contributed by atoms with Crippen LogP contribution in [0.3, 0.4) is 0 Å². The molecular weight excluding hydrogens is 276 g/mol. The van der Waals surface area contributed by atoms with Gasteiger partial charge >= 0.3 is 0 Å². The van der Waals surface area contributed by atoms with E-state index >= 15 is 0 Å². The molecule has 102 valence electrons. The van der Waals surface area contributed by atoms with Gasteiger partial charge in [-0.25, -0.2) is 13.4 Å². The second-order valence-corrected chi connectivity index (χ2v) is 5.79. The second kappa shape index (κ2) is 5.19. The number of nitrogens with zero attached hydrogens (tertiary/aromatic N) is 2. The molecule has 0 saturated carbocycles. The summed E-state index contributed by atoms with van der Waals surface area (Å²) in [5.74, 6) is 0. The Labute approximate surface area is 116 Å². The van der Waals surface area contributed by atoms with Crippen LogP contribution in [0, 0.1) is 18.3 Å². The first-order valence-corrected chi connectivity index (χ1v) is 7.16. The Morgan fingerprint density at radius 1 is 1.35 bits per heavy atom. The average Bonchev–Trinajstić information content (AvgIpc) is 2.42. The molecule has 0 saturated heterocycles. The number of nitriles is 1. The van der Waals surface area contributed by atoms with Crippen LogP contribution in [0.5, 0.6) is 0 Å². The van der Waals surface area contributed by atoms with Gasteiger partial charge in [-0.3, -0.25) is 4.72 Å². The van der Waals surface area contributed by atoms with Crippen molar-refractivity contribution in [2.75, 3.05) is 10.5 Å². The molecule has 0 aliphatic heterocycles. The van der Waals surface area contributed by atoms with E-state index < -0.39 is 10.0 Å². The van der Waals surface area contributed by atoms with Crippen LogP contribution in [-0.4, -0.2) is 13.4 Å². The number of benzene rings is 1. The fourth-order valence-corrected chi connectivity index (χ4v) is 2.80. The molecule has 0 radical (unpaired) electrons. The summed E-state index contributed by atoms with van der Waals surface area (Å²) < 4.78 is 26.9. The molecule has 2 rings (SSSR count). The van der Waals surface area contributed by atoms with Crippen molar-refractivity contribution < 1.29 is 8.42 Å². The third-order valence-electron chi connectivity index (χ3n) is 2.69. The Balaban J connectivity index is 2.41. The van der Waals surface area contributed by atoms with Gasteiger partial charge in [0.1, 0.15) is 11.0 Å². The number of hydrogen-bond donors (Lipinski definition) is 2. The van der Waals surface area contributed by atoms with E-state index in [0.717, 1.165) is 5.56 Å². The van der Waals surface area contributed by atoms with Crippen LogP contribution in [0.25, 0.3) is 0 Å². The quantitative estimate of drug-likeness (QED) is 0.834. The zero-order valence-corrected chi connectivity index (χ0v) is 11.5. The first-order chi connectivity index (χ1) is 9.44. The summed E-state index contributed by atoms with van der Waals surface area (Å²) in [6.07, 6.45) is 1.37. The largest absolute Gasteiger partial charge is 0.399 e. The number of nitrogens with one attached hydrogen (secondary N) is 1. The molecule has 20 heavy (non-hydrogen) atoms. The third-order valence-corrected chi connectivity index (χ3v) is 4.10. The Morgan fingerprint density at radius 3 is 2.75 bits per heavy atom. The van der Waals surface area contributed by atoms with Gasteiger partial charge in [-0.15, -0.1) is 0 Å². The van der Waals surface area contributed by atoms with E-state index in [0.29, 0.717) is 11.4 Å². The van der Waals surface area contributed by atoms with Crippen molar-refractivity contribution >= 4 is 21.4 Å². The van der Waals surface area contributed by atoms with Crippen LogP contribution < -0.4 is 10.5 Å². The van der Waals surface area contributed by atoms with Gasteiger partial charge in [0, 0.05) is 17.6 Å². The lowest BCUT2D eigenvalue weighted by molar-refractivity contribution is 0.600. The number of aryl methyl sites for hydroxylation is 1. The zero-order chi connectivity index (χ0) is 14.8. The lowest BCUT2D eigenvalue weighted by Gasteiger charge is -2.10. The van der Waals surface area contributed by atoms with E-state index in [2.05, 4.69) is 9.71 Å². The minimum atomic E-state index is -3.86. The number of rotatable bonds is 3. The molecule has 0 amide bonds. The van der Waals surface area contributed by atoms with E-state index in [-0.39, 0.29) is 10.6 Å². The maximum absolute atomic E-state index is 12.2. The van der Waals surface area contributed by atoms with Crippen molar-refractivity contribution in [2.24, 2.45) is 0 Å². The predicted octanol–water partition coefficient (Wildman–Crippen LogP) is 1.64. The summed E-state index contributed by atoms with van der Waals surface area (Å²) >= 11 is 0. The molecule has 0 fully saturated rings. The molecule has 0 spiro atoms. The minimum absolute atomic E-state index is 0.146. The van der Waals surface area contributed by atoms with E-state index in [1.807, 2.05) is 0 Å². The lowest BCUT2D eigenvalue weighted by atomic mass is 10.2. The standard InChI is InChI=1S/C13H12N4O2S/c1-9-7-10(4-5-11(9)15)17-20(18,19)13-3-2-6-16-12(13)8-14/h2-7,17H,15H2,1H3. The Bertz CT molecular complexity index is 794. The summed E-state index contributed by atoms with van der Waals surface area (Å²) in [4.78, 5) is 3.58. The second-order valence-electron chi connectivity index (χ2n) is 4.14. The monoisotopic (exact) mass is 288 g/mol. The molecule has 3 N–H and O–H groups in total. The van der Waals surface area contributed by atoms with Crippen LogP contribution in [0.2, 0.25) is 0 Å². The molecule has 0 unspecified atom stereocenters. The Morgan fingerprint density at radius 2 is 2.10 bits per heavy atom. The van der Waals surface area contributed by atoms with Crippen molar-refractivity contribution in [1.29, 1.82) is 5.26 Å². The zero-order valence-electron chi connectivity index (χ0n) is 10.7. The van der Waals surface area contributed by atoms with Crippen molar-refractivity contribution in [2.45, 2.75) is 11.8 Å². The van der Waals surface area contributed by atoms with Crippen molar-refractivity contribution in [3.63, 3.8) is 0 Å². The lowest BCUT2D eigenvalue weighted by Crippen LogP contribution is -2.15. The van der Waals surface area contributed by atoms with E-state index in [1.54, 1.807) is 31.2 Å². The van der Waals surface area contributed by atoms with Gasteiger partial charge in [0.05, 0.1) is 0 Å². The summed E-state index contributed by atoms with van der Waals surface area (Å²) in [5, 5.41) is 8.91. The number of nitrogen functional groups attached to an aromatic ring is 1. The molecule has 0 aliphatic rings. The van der Waals surface area contributed by atoms with Gasteiger partial charge in [-0.2, -0.15) is 5.26 Å². The number of hydrogen-bond acceptors (Lipinski definition) is 5. The summed E-state index contributed by atoms with van der Waals surface area (Å²) in [6, 6.07) is 9.34. The predicted molar refractivity (Wildman–Crippen MR) is 75.4 cm³/mol. The Kier molecular flexibility index (Phi) is 3.59. The Hall–Kier alpha value is -2.59. The molecule has 1 aromatic heterocycles. The molecule has 1 heterocycles. The molecule has 0 atom stereocenters. The van der Waals surface area contributed by atoms with Gasteiger partial charge in [0.15, 0.2) is 5.69 Å². The topological polar surface area (TPSA) is 109 Å². The van der Waals surface area contributed by atoms with Crippen LogP contribution in [0.15, 0.2) is 41.4 Å². The highest BCUT2D eigenvalue weighted by Gasteiger charge is 2.19. The first-order valence-electron chi connectivity index (χ1n) is 5.68. The maximum Gasteiger partial charge on any atom is 0.264 e. The summed E-state index contributed by atoms with van der Waals surface area (Å²) in [7, 11) is -3.86. The molecule has 6 nitrogen and oxygen atoms in total. The normalized spacial score (nSPS) is 10.8. The van der Waals surface area contributed by atoms with Gasteiger partial charge < -0.3 is 5.73 Å². The summed E-state index contributed by atoms with van der Waals surface area (Å²) in [6.45, 7) is 1.78. The van der Waals surface area contributed by atoms with Crippen LogP contribution in [0.4, 0.5) is 11.4 Å². The molecule has 2 aromatic rings. The number of anilines is 2. The number of nitrogens with two attached hydrogens (primary N) is 1. The van der Waals surface area contributed by atoms with Gasteiger partial charge in [-0.1, -0.05) is 0 Å². The number of sulfonamides is 1. The van der Waals surface area contributed by atoms with Crippen LogP contribution >= 0.6 is 0 Å². The smallest absolute Gasteiger partial charge is 0.264 e. The van der Waals surface area contributed by atoms with Crippen molar-refractivity contribution in [3.8, 4) is 6.07 Å². The van der Waals surface area contributed by atoms with Crippen molar-refractivity contribution in [1.82, 2.24) is 4.98 Å². The van der Waals surface area contributed by atoms with Crippen LogP contribution in [-0.2, 0) is 10.0 Å². The molecular formula is C13H12N4O2S. The van der Waals surface area contributed by atoms with Crippen LogP contribution in [0.1, 0.15) is 11.3 Å². The fraction of sp³-hybridized carbons (Fsp3) is 0.0769. The van der Waals surface area contributed by atoms with E-state index in [4.69, 9.17) is 11.0 Å². The molecule has 0 bridgehead atoms. The van der Waals surface area contributed by atoms with E-state index in [9.17, 15) is 8.42 Å². The highest BCUT2D eigenvalue weighted by Crippen LogP contribution is 2.21. The minimum Gasteiger partial charge on any atom is -0.399 e. The summed E-state index contributed by atoms with van der Waals surface area (Å²) in [5.41, 5.74) is 7.25. The molecule has 7 heteroatoms. The average molecular weight is 288 g/mol. The fourth-order valence-electron chi connectivity index (χ4n) is 1.64. The first kappa shape index (κ1) is 13.8. The number of aromatic nitrogens is 1. The highest BCUT2D eigenvalue weighted by molar-refractivity contribution is 7.92. The highest BCUT2D eigenvalue weighted by atomic mass is 32.2. The molecule has 0 aliphatic carbocycles.